The molecule has 224 valence electrons. The zero-order valence-corrected chi connectivity index (χ0v) is 24.9. The lowest BCUT2D eigenvalue weighted by Gasteiger charge is -2.34. The van der Waals surface area contributed by atoms with Crippen molar-refractivity contribution in [2.75, 3.05) is 13.2 Å². The average Bonchev–Trinajstić information content (AvgIpc) is 3.04. The summed E-state index contributed by atoms with van der Waals surface area (Å²) in [6, 6.07) is 36.2. The molecule has 0 saturated heterocycles. The number of nitrogens with one attached hydrogen (secondary N) is 1. The third-order valence-corrected chi connectivity index (χ3v) is 7.68. The van der Waals surface area contributed by atoms with Gasteiger partial charge in [-0.05, 0) is 61.2 Å². The molecule has 0 aliphatic carbocycles. The van der Waals surface area contributed by atoms with Crippen LogP contribution in [0.3, 0.4) is 0 Å². The normalized spacial score (nSPS) is 15.5. The third kappa shape index (κ3) is 7.42. The van der Waals surface area contributed by atoms with Crippen molar-refractivity contribution < 1.29 is 23.9 Å². The number of benzene rings is 4. The topological polar surface area (TPSA) is 84.9 Å². The van der Waals surface area contributed by atoms with Gasteiger partial charge >= 0.3 is 5.97 Å². The molecule has 0 bridgehead atoms. The lowest BCUT2D eigenvalue weighted by molar-refractivity contribution is -0.141. The zero-order chi connectivity index (χ0) is 30.9. The predicted octanol–water partition coefficient (Wildman–Crippen LogP) is 6.73. The van der Waals surface area contributed by atoms with Crippen LogP contribution in [0, 0.1) is 0 Å². The first kappa shape index (κ1) is 30.3. The van der Waals surface area contributed by atoms with Crippen LogP contribution in [0.15, 0.2) is 127 Å². The number of esters is 1. The van der Waals surface area contributed by atoms with Crippen molar-refractivity contribution in [1.29, 1.82) is 0 Å². The maximum atomic E-state index is 13.6. The maximum Gasteiger partial charge on any atom is 0.336 e. The fourth-order valence-corrected chi connectivity index (χ4v) is 5.55. The zero-order valence-electron chi connectivity index (χ0n) is 24.9. The third-order valence-electron chi connectivity index (χ3n) is 7.68. The number of rotatable bonds is 11. The number of allylic oxidation sites excluding steroid dienone is 1. The number of amides is 2. The molecule has 7 nitrogen and oxygen atoms in total. The molecule has 5 rings (SSSR count). The number of carbonyl (C=O) groups excluding carboxylic acids is 3. The molecule has 0 spiro atoms. The highest BCUT2D eigenvalue weighted by molar-refractivity contribution is 5.97. The van der Waals surface area contributed by atoms with Gasteiger partial charge in [0.1, 0.15) is 18.0 Å². The quantitative estimate of drug-likeness (QED) is 0.196. The smallest absolute Gasteiger partial charge is 0.336 e. The lowest BCUT2D eigenvalue weighted by Crippen LogP contribution is -2.45. The highest BCUT2D eigenvalue weighted by Gasteiger charge is 2.38. The van der Waals surface area contributed by atoms with E-state index in [4.69, 9.17) is 9.47 Å². The van der Waals surface area contributed by atoms with Crippen molar-refractivity contribution in [1.82, 2.24) is 10.2 Å². The summed E-state index contributed by atoms with van der Waals surface area (Å²) in [6.07, 6.45) is 0.608. The van der Waals surface area contributed by atoms with Gasteiger partial charge < -0.3 is 19.7 Å². The van der Waals surface area contributed by atoms with Crippen LogP contribution >= 0.6 is 0 Å². The number of hydrogen-bond donors (Lipinski definition) is 1. The molecule has 7 heteroatoms. The molecule has 2 amide bonds. The second kappa shape index (κ2) is 14.3. The largest absolute Gasteiger partial charge is 0.463 e. The van der Waals surface area contributed by atoms with E-state index < -0.39 is 11.9 Å². The van der Waals surface area contributed by atoms with Crippen LogP contribution in [-0.2, 0) is 25.5 Å². The van der Waals surface area contributed by atoms with Gasteiger partial charge in [-0.1, -0.05) is 91.0 Å². The molecule has 1 heterocycles. The Balaban J connectivity index is 1.39. The molecule has 2 unspecified atom stereocenters. The van der Waals surface area contributed by atoms with E-state index in [0.29, 0.717) is 29.2 Å². The summed E-state index contributed by atoms with van der Waals surface area (Å²) in [5.41, 5.74) is 3.57. The van der Waals surface area contributed by atoms with Crippen molar-refractivity contribution in [3.05, 3.63) is 143 Å². The number of carbonyl (C=O) groups is 3. The van der Waals surface area contributed by atoms with E-state index in [1.54, 1.807) is 13.8 Å². The number of hydrogen-bond acceptors (Lipinski definition) is 5. The van der Waals surface area contributed by atoms with Crippen LogP contribution in [0.5, 0.6) is 11.5 Å². The van der Waals surface area contributed by atoms with Gasteiger partial charge in [0.25, 0.3) is 0 Å². The van der Waals surface area contributed by atoms with Crippen LogP contribution in [0.1, 0.15) is 48.9 Å². The maximum absolute atomic E-state index is 13.6. The van der Waals surface area contributed by atoms with E-state index in [9.17, 15) is 14.4 Å². The Morgan fingerprint density at radius 3 is 2.18 bits per heavy atom. The lowest BCUT2D eigenvalue weighted by atomic mass is 9.83. The summed E-state index contributed by atoms with van der Waals surface area (Å²) in [6.45, 7) is 3.42. The number of para-hydroxylation sites is 1. The minimum Gasteiger partial charge on any atom is -0.463 e. The number of ether oxygens (including phenoxy) is 2. The summed E-state index contributed by atoms with van der Waals surface area (Å²) in [7, 11) is 0. The Kier molecular flexibility index (Phi) is 9.87. The molecular formula is C37H36N2O5. The van der Waals surface area contributed by atoms with E-state index in [-0.39, 0.29) is 37.4 Å². The van der Waals surface area contributed by atoms with Crippen LogP contribution in [0.25, 0.3) is 0 Å². The fourth-order valence-electron chi connectivity index (χ4n) is 5.55. The fraction of sp³-hybridized carbons (Fsp3) is 0.216. The molecule has 1 N–H and O–H groups in total. The van der Waals surface area contributed by atoms with Gasteiger partial charge in [-0.2, -0.15) is 0 Å². The molecule has 1 aliphatic heterocycles. The van der Waals surface area contributed by atoms with Crippen LogP contribution in [0.4, 0.5) is 0 Å². The molecule has 0 fully saturated rings. The van der Waals surface area contributed by atoms with E-state index in [1.807, 2.05) is 115 Å². The van der Waals surface area contributed by atoms with Crippen molar-refractivity contribution in [3.63, 3.8) is 0 Å². The van der Waals surface area contributed by atoms with Gasteiger partial charge in [0.05, 0.1) is 18.2 Å². The Bertz CT molecular complexity index is 1620. The summed E-state index contributed by atoms with van der Waals surface area (Å²) in [5, 5.41) is 3.12. The van der Waals surface area contributed by atoms with Crippen LogP contribution < -0.4 is 10.1 Å². The second-order valence-electron chi connectivity index (χ2n) is 10.7. The van der Waals surface area contributed by atoms with Crippen molar-refractivity contribution >= 4 is 17.8 Å². The first-order valence-corrected chi connectivity index (χ1v) is 14.8. The van der Waals surface area contributed by atoms with Gasteiger partial charge in [0.2, 0.25) is 11.8 Å². The summed E-state index contributed by atoms with van der Waals surface area (Å²) in [4.78, 5) is 41.8. The van der Waals surface area contributed by atoms with Gasteiger partial charge in [0.15, 0.2) is 0 Å². The minimum atomic E-state index is -0.546. The predicted molar refractivity (Wildman–Crippen MR) is 169 cm³/mol. The average molecular weight is 589 g/mol. The van der Waals surface area contributed by atoms with Crippen LogP contribution in [-0.4, -0.2) is 35.8 Å². The second-order valence-corrected chi connectivity index (χ2v) is 10.7. The Morgan fingerprint density at radius 2 is 1.50 bits per heavy atom. The van der Waals surface area contributed by atoms with E-state index in [1.165, 1.54) is 4.90 Å². The monoisotopic (exact) mass is 588 g/mol. The van der Waals surface area contributed by atoms with Crippen LogP contribution in [0.2, 0.25) is 0 Å². The summed E-state index contributed by atoms with van der Waals surface area (Å²) < 4.78 is 11.5. The van der Waals surface area contributed by atoms with Crippen molar-refractivity contribution in [3.8, 4) is 11.5 Å². The Hall–Kier alpha value is -5.17. The molecule has 0 aromatic heterocycles. The van der Waals surface area contributed by atoms with E-state index >= 15 is 0 Å². The molecule has 4 aromatic carbocycles. The number of nitrogens with zero attached hydrogens (tertiary/aromatic N) is 1. The molecular weight excluding hydrogens is 552 g/mol. The summed E-state index contributed by atoms with van der Waals surface area (Å²) in [5.74, 6) is -0.343. The summed E-state index contributed by atoms with van der Waals surface area (Å²) >= 11 is 0. The SMILES string of the molecule is CCOC(=O)C1=C(C)N(CC(=O)NC(Cc2ccccc2)c2ccccc2)C(=O)CC1c1cccc(Oc2ccccc2)c1. The van der Waals surface area contributed by atoms with E-state index in [0.717, 1.165) is 16.7 Å². The van der Waals surface area contributed by atoms with Crippen molar-refractivity contribution in [2.24, 2.45) is 0 Å². The first-order valence-electron chi connectivity index (χ1n) is 14.8. The van der Waals surface area contributed by atoms with Gasteiger partial charge in [-0.3, -0.25) is 9.59 Å². The highest BCUT2D eigenvalue weighted by atomic mass is 16.5. The molecule has 0 saturated carbocycles. The van der Waals surface area contributed by atoms with E-state index in [2.05, 4.69) is 5.32 Å². The molecule has 0 radical (unpaired) electrons. The van der Waals surface area contributed by atoms with Gasteiger partial charge in [-0.15, -0.1) is 0 Å². The molecule has 1 aliphatic rings. The molecule has 2 atom stereocenters. The van der Waals surface area contributed by atoms with Gasteiger partial charge in [-0.25, -0.2) is 4.79 Å². The Morgan fingerprint density at radius 1 is 0.864 bits per heavy atom. The van der Waals surface area contributed by atoms with Gasteiger partial charge in [0, 0.05) is 18.0 Å². The molecule has 4 aromatic rings. The molecule has 44 heavy (non-hydrogen) atoms. The first-order chi connectivity index (χ1) is 21.4. The minimum absolute atomic E-state index is 0.0136. The highest BCUT2D eigenvalue weighted by Crippen LogP contribution is 2.38. The van der Waals surface area contributed by atoms with Crippen molar-refractivity contribution in [2.45, 2.75) is 38.6 Å². The standard InChI is InChI=1S/C37H36N2O5/c1-3-43-37(42)36-26(2)39(25-34(40)38-33(28-16-9-5-10-17-28)22-27-14-7-4-8-15-27)35(41)24-32(36)29-18-13-21-31(23-29)44-30-19-11-6-12-20-30/h4-21,23,32-33H,3,22,24-25H2,1-2H3,(H,38,40). The Labute approximate surface area is 258 Å².